The van der Waals surface area contributed by atoms with Gasteiger partial charge in [0.05, 0.1) is 0 Å². The molecule has 0 saturated heterocycles. The highest BCUT2D eigenvalue weighted by Crippen LogP contribution is 2.08. The minimum absolute atomic E-state index is 0.153. The summed E-state index contributed by atoms with van der Waals surface area (Å²) in [5, 5.41) is 5.57. The molecule has 116 valence electrons. The maximum absolute atomic E-state index is 12.2. The van der Waals surface area contributed by atoms with Crippen molar-refractivity contribution in [2.24, 2.45) is 0 Å². The zero-order chi connectivity index (χ0) is 15.8. The first-order chi connectivity index (χ1) is 9.93. The molecule has 0 aliphatic carbocycles. The van der Waals surface area contributed by atoms with Crippen LogP contribution in [0.3, 0.4) is 0 Å². The summed E-state index contributed by atoms with van der Waals surface area (Å²) in [6.07, 6.45) is 4.38. The van der Waals surface area contributed by atoms with Crippen molar-refractivity contribution in [1.82, 2.24) is 15.6 Å². The number of carbonyl (C=O) groups is 2. The topological polar surface area (TPSA) is 71.1 Å². The zero-order valence-corrected chi connectivity index (χ0v) is 13.8. The van der Waals surface area contributed by atoms with Gasteiger partial charge < -0.3 is 10.6 Å². The number of rotatable bonds is 7. The predicted octanol–water partition coefficient (Wildman–Crippen LogP) is 1.57. The fourth-order valence-electron chi connectivity index (χ4n) is 1.97. The Hall–Kier alpha value is -1.56. The minimum Gasteiger partial charge on any atom is -0.350 e. The van der Waals surface area contributed by atoms with Crippen LogP contribution in [-0.2, 0) is 16.1 Å². The quantitative estimate of drug-likeness (QED) is 0.802. The van der Waals surface area contributed by atoms with Crippen LogP contribution in [0.25, 0.3) is 0 Å². The summed E-state index contributed by atoms with van der Waals surface area (Å²) >= 11 is 1.65. The van der Waals surface area contributed by atoms with Gasteiger partial charge in [-0.25, -0.2) is 0 Å². The van der Waals surface area contributed by atoms with Crippen LogP contribution in [0.2, 0.25) is 0 Å². The highest BCUT2D eigenvalue weighted by molar-refractivity contribution is 7.98. The first kappa shape index (κ1) is 17.5. The molecular weight excluding hydrogens is 286 g/mol. The Balaban J connectivity index is 2.61. The molecule has 0 bridgehead atoms. The summed E-state index contributed by atoms with van der Waals surface area (Å²) in [5.41, 5.74) is 3.04. The number of amides is 2. The van der Waals surface area contributed by atoms with Crippen LogP contribution in [-0.4, -0.2) is 34.8 Å². The molecule has 5 nitrogen and oxygen atoms in total. The highest BCUT2D eigenvalue weighted by Gasteiger charge is 2.18. The van der Waals surface area contributed by atoms with Crippen LogP contribution in [0.1, 0.15) is 30.2 Å². The first-order valence-corrected chi connectivity index (χ1v) is 8.29. The van der Waals surface area contributed by atoms with E-state index in [1.807, 2.05) is 26.2 Å². The molecule has 1 aromatic rings. The number of hydrogen-bond donors (Lipinski definition) is 2. The molecule has 0 spiro atoms. The Kier molecular flexibility index (Phi) is 7.22. The molecule has 2 amide bonds. The van der Waals surface area contributed by atoms with E-state index in [9.17, 15) is 9.59 Å². The summed E-state index contributed by atoms with van der Waals surface area (Å²) in [7, 11) is 0. The molecule has 1 aromatic heterocycles. The molecule has 1 heterocycles. The smallest absolute Gasteiger partial charge is 0.242 e. The van der Waals surface area contributed by atoms with Crippen molar-refractivity contribution >= 4 is 23.6 Å². The second-order valence-corrected chi connectivity index (χ2v) is 5.99. The molecule has 0 aliphatic rings. The number of carbonyl (C=O) groups excluding carboxylic acids is 2. The molecule has 0 fully saturated rings. The Labute approximate surface area is 130 Å². The van der Waals surface area contributed by atoms with E-state index in [4.69, 9.17) is 0 Å². The molecule has 0 radical (unpaired) electrons. The van der Waals surface area contributed by atoms with Crippen molar-refractivity contribution in [2.75, 3.05) is 12.0 Å². The zero-order valence-electron chi connectivity index (χ0n) is 13.0. The number of pyridine rings is 1. The molecule has 1 rings (SSSR count). The SMILES string of the molecule is CSCCC(NC(C)=O)C(=O)NCc1cnc(C)cc1C. The summed E-state index contributed by atoms with van der Waals surface area (Å²) in [6, 6.07) is 1.51. The first-order valence-electron chi connectivity index (χ1n) is 6.90. The molecule has 1 unspecified atom stereocenters. The van der Waals surface area contributed by atoms with Gasteiger partial charge >= 0.3 is 0 Å². The van der Waals surface area contributed by atoms with Gasteiger partial charge in [0, 0.05) is 25.4 Å². The lowest BCUT2D eigenvalue weighted by Gasteiger charge is -2.17. The Bertz CT molecular complexity index is 506. The number of nitrogens with one attached hydrogen (secondary N) is 2. The van der Waals surface area contributed by atoms with E-state index < -0.39 is 6.04 Å². The molecular formula is C15H23N3O2S. The van der Waals surface area contributed by atoms with Crippen molar-refractivity contribution in [3.05, 3.63) is 29.1 Å². The normalized spacial score (nSPS) is 11.8. The van der Waals surface area contributed by atoms with Crippen LogP contribution in [0.5, 0.6) is 0 Å². The second kappa shape index (κ2) is 8.67. The second-order valence-electron chi connectivity index (χ2n) is 5.00. The standard InChI is InChI=1S/C15H23N3O2S/c1-10-7-11(2)16-8-13(10)9-17-15(20)14(5-6-21-4)18-12(3)19/h7-8,14H,5-6,9H2,1-4H3,(H,17,20)(H,18,19). The minimum atomic E-state index is -0.478. The predicted molar refractivity (Wildman–Crippen MR) is 86.2 cm³/mol. The van der Waals surface area contributed by atoms with Crippen molar-refractivity contribution in [1.29, 1.82) is 0 Å². The fraction of sp³-hybridized carbons (Fsp3) is 0.533. The van der Waals surface area contributed by atoms with Crippen LogP contribution >= 0.6 is 11.8 Å². The van der Waals surface area contributed by atoms with Crippen LogP contribution < -0.4 is 10.6 Å². The number of hydrogen-bond acceptors (Lipinski definition) is 4. The largest absolute Gasteiger partial charge is 0.350 e. The van der Waals surface area contributed by atoms with Gasteiger partial charge in [0.2, 0.25) is 11.8 Å². The van der Waals surface area contributed by atoms with Gasteiger partial charge in [-0.05, 0) is 49.5 Å². The molecule has 0 saturated carbocycles. The lowest BCUT2D eigenvalue weighted by molar-refractivity contribution is -0.128. The Morgan fingerprint density at radius 1 is 1.38 bits per heavy atom. The van der Waals surface area contributed by atoms with E-state index in [-0.39, 0.29) is 11.8 Å². The molecule has 0 aliphatic heterocycles. The summed E-state index contributed by atoms with van der Waals surface area (Å²) in [4.78, 5) is 27.6. The fourth-order valence-corrected chi connectivity index (χ4v) is 2.44. The van der Waals surface area contributed by atoms with Gasteiger partial charge in [-0.3, -0.25) is 14.6 Å². The van der Waals surface area contributed by atoms with E-state index in [1.165, 1.54) is 6.92 Å². The van der Waals surface area contributed by atoms with Crippen molar-refractivity contribution in [3.63, 3.8) is 0 Å². The average molecular weight is 309 g/mol. The van der Waals surface area contributed by atoms with Crippen LogP contribution in [0.4, 0.5) is 0 Å². The average Bonchev–Trinajstić information content (AvgIpc) is 2.41. The summed E-state index contributed by atoms with van der Waals surface area (Å²) in [6.45, 7) is 5.78. The lowest BCUT2D eigenvalue weighted by atomic mass is 10.1. The summed E-state index contributed by atoms with van der Waals surface area (Å²) < 4.78 is 0. The molecule has 21 heavy (non-hydrogen) atoms. The Morgan fingerprint density at radius 2 is 2.10 bits per heavy atom. The van der Waals surface area contributed by atoms with Crippen molar-refractivity contribution in [3.8, 4) is 0 Å². The number of aryl methyl sites for hydroxylation is 2. The van der Waals surface area contributed by atoms with Gasteiger partial charge in [0.1, 0.15) is 6.04 Å². The number of aromatic nitrogens is 1. The van der Waals surface area contributed by atoms with E-state index in [0.717, 1.165) is 22.6 Å². The van der Waals surface area contributed by atoms with Gasteiger partial charge in [0.25, 0.3) is 0 Å². The van der Waals surface area contributed by atoms with E-state index in [2.05, 4.69) is 15.6 Å². The summed E-state index contributed by atoms with van der Waals surface area (Å²) in [5.74, 6) is 0.479. The van der Waals surface area contributed by atoms with Crippen molar-refractivity contribution < 1.29 is 9.59 Å². The monoisotopic (exact) mass is 309 g/mol. The lowest BCUT2D eigenvalue weighted by Crippen LogP contribution is -2.46. The number of thioether (sulfide) groups is 1. The maximum atomic E-state index is 12.2. The van der Waals surface area contributed by atoms with Gasteiger partial charge in [-0.2, -0.15) is 11.8 Å². The molecule has 6 heteroatoms. The Morgan fingerprint density at radius 3 is 2.67 bits per heavy atom. The molecule has 1 atom stereocenters. The number of nitrogens with zero attached hydrogens (tertiary/aromatic N) is 1. The van der Waals surface area contributed by atoms with Crippen LogP contribution in [0, 0.1) is 13.8 Å². The van der Waals surface area contributed by atoms with E-state index in [0.29, 0.717) is 13.0 Å². The van der Waals surface area contributed by atoms with Crippen LogP contribution in [0.15, 0.2) is 12.3 Å². The van der Waals surface area contributed by atoms with Gasteiger partial charge in [0.15, 0.2) is 0 Å². The van der Waals surface area contributed by atoms with E-state index in [1.54, 1.807) is 18.0 Å². The van der Waals surface area contributed by atoms with Gasteiger partial charge in [-0.15, -0.1) is 0 Å². The molecule has 0 aromatic carbocycles. The van der Waals surface area contributed by atoms with Crippen molar-refractivity contribution in [2.45, 2.75) is 39.8 Å². The molecule has 2 N–H and O–H groups in total. The van der Waals surface area contributed by atoms with E-state index >= 15 is 0 Å². The van der Waals surface area contributed by atoms with Gasteiger partial charge in [-0.1, -0.05) is 0 Å². The maximum Gasteiger partial charge on any atom is 0.242 e. The third-order valence-corrected chi connectivity index (χ3v) is 3.76. The highest BCUT2D eigenvalue weighted by atomic mass is 32.2. The third kappa shape index (κ3) is 6.16. The third-order valence-electron chi connectivity index (χ3n) is 3.11.